The van der Waals surface area contributed by atoms with Gasteiger partial charge in [0, 0.05) is 6.42 Å². The smallest absolute Gasteiger partial charge is 0.351 e. The van der Waals surface area contributed by atoms with Gasteiger partial charge in [-0.25, -0.2) is 4.79 Å². The minimum absolute atomic E-state index is 0.378. The summed E-state index contributed by atoms with van der Waals surface area (Å²) < 4.78 is 5.47. The van der Waals surface area contributed by atoms with Crippen molar-refractivity contribution in [3.63, 3.8) is 0 Å². The molecular weight excluding hydrogens is 244 g/mol. The van der Waals surface area contributed by atoms with E-state index in [2.05, 4.69) is 34.7 Å². The highest BCUT2D eigenvalue weighted by molar-refractivity contribution is 9.10. The molecule has 0 aliphatic rings. The van der Waals surface area contributed by atoms with Gasteiger partial charge in [-0.05, 0) is 28.4 Å². The molecule has 1 rings (SSSR count). The van der Waals surface area contributed by atoms with Crippen molar-refractivity contribution in [2.75, 3.05) is 0 Å². The molecule has 1 aromatic rings. The number of hydrogen-bond donors (Lipinski definition) is 0. The molecule has 0 spiro atoms. The predicted molar refractivity (Wildman–Crippen MR) is 59.1 cm³/mol. The van der Waals surface area contributed by atoms with Gasteiger partial charge in [-0.3, -0.25) is 0 Å². The van der Waals surface area contributed by atoms with Crippen molar-refractivity contribution in [1.82, 2.24) is 0 Å². The van der Waals surface area contributed by atoms with Crippen LogP contribution in [0.1, 0.15) is 31.7 Å². The van der Waals surface area contributed by atoms with Crippen LogP contribution in [-0.4, -0.2) is 0 Å². The third kappa shape index (κ3) is 3.39. The average molecular weight is 255 g/mol. The molecule has 0 unspecified atom stereocenters. The lowest BCUT2D eigenvalue weighted by Gasteiger charge is -1.89. The first-order chi connectivity index (χ1) is 6.74. The maximum absolute atomic E-state index is 11.1. The highest BCUT2D eigenvalue weighted by Crippen LogP contribution is 2.07. The van der Waals surface area contributed by atoms with Crippen LogP contribution in [0.5, 0.6) is 0 Å². The molecule has 0 radical (unpaired) electrons. The number of unbranched alkanes of at least 4 members (excludes halogenated alkanes) is 2. The highest BCUT2D eigenvalue weighted by Gasteiger charge is 1.97. The Morgan fingerprint density at radius 3 is 3.07 bits per heavy atom. The second-order valence-electron chi connectivity index (χ2n) is 2.87. The maximum atomic E-state index is 11.1. The van der Waals surface area contributed by atoms with E-state index in [-0.39, 0.29) is 5.63 Å². The van der Waals surface area contributed by atoms with Crippen LogP contribution in [0.4, 0.5) is 0 Å². The SMILES string of the molecule is CCCCC#Cc1cc(Br)coc1=O. The molecule has 0 aromatic carbocycles. The average Bonchev–Trinajstić information content (AvgIpc) is 2.18. The Morgan fingerprint density at radius 1 is 1.57 bits per heavy atom. The minimum Gasteiger partial charge on any atom is -0.429 e. The third-order valence-corrected chi connectivity index (χ3v) is 2.07. The summed E-state index contributed by atoms with van der Waals surface area (Å²) in [4.78, 5) is 11.1. The molecule has 2 nitrogen and oxygen atoms in total. The Hall–Kier alpha value is -1.01. The van der Waals surface area contributed by atoms with Gasteiger partial charge in [-0.2, -0.15) is 0 Å². The van der Waals surface area contributed by atoms with E-state index in [1.54, 1.807) is 6.07 Å². The van der Waals surface area contributed by atoms with Crippen molar-refractivity contribution in [2.24, 2.45) is 0 Å². The maximum Gasteiger partial charge on any atom is 0.351 e. The van der Waals surface area contributed by atoms with E-state index >= 15 is 0 Å². The van der Waals surface area contributed by atoms with Crippen molar-refractivity contribution >= 4 is 15.9 Å². The third-order valence-electron chi connectivity index (χ3n) is 1.66. The fraction of sp³-hybridized carbons (Fsp3) is 0.364. The molecule has 0 N–H and O–H groups in total. The summed E-state index contributed by atoms with van der Waals surface area (Å²) in [6.45, 7) is 2.11. The number of halogens is 1. The molecule has 0 aliphatic heterocycles. The zero-order valence-corrected chi connectivity index (χ0v) is 9.56. The van der Waals surface area contributed by atoms with Gasteiger partial charge in [0.05, 0.1) is 4.47 Å². The van der Waals surface area contributed by atoms with Crippen molar-refractivity contribution in [1.29, 1.82) is 0 Å². The first-order valence-electron chi connectivity index (χ1n) is 4.51. The van der Waals surface area contributed by atoms with Crippen LogP contribution < -0.4 is 5.63 Å². The van der Waals surface area contributed by atoms with Crippen LogP contribution in [0.3, 0.4) is 0 Å². The quantitative estimate of drug-likeness (QED) is 0.600. The molecule has 0 saturated carbocycles. The Balaban J connectivity index is 2.78. The molecule has 0 aliphatic carbocycles. The van der Waals surface area contributed by atoms with Crippen LogP contribution in [0.25, 0.3) is 0 Å². The Labute approximate surface area is 91.5 Å². The first kappa shape index (κ1) is 11.1. The molecule has 0 bridgehead atoms. The van der Waals surface area contributed by atoms with E-state index < -0.39 is 0 Å². The van der Waals surface area contributed by atoms with Gasteiger partial charge in [0.25, 0.3) is 0 Å². The van der Waals surface area contributed by atoms with Gasteiger partial charge >= 0.3 is 5.63 Å². The van der Waals surface area contributed by atoms with Crippen LogP contribution in [0.15, 0.2) is 26.0 Å². The number of hydrogen-bond acceptors (Lipinski definition) is 2. The number of rotatable bonds is 2. The van der Waals surface area contributed by atoms with Crippen molar-refractivity contribution < 1.29 is 4.42 Å². The van der Waals surface area contributed by atoms with E-state index in [1.807, 2.05) is 0 Å². The molecule has 1 heterocycles. The summed E-state index contributed by atoms with van der Waals surface area (Å²) in [5, 5.41) is 0. The van der Waals surface area contributed by atoms with Crippen molar-refractivity contribution in [2.45, 2.75) is 26.2 Å². The largest absolute Gasteiger partial charge is 0.429 e. The summed E-state index contributed by atoms with van der Waals surface area (Å²) in [5.74, 6) is 5.74. The zero-order chi connectivity index (χ0) is 10.4. The summed E-state index contributed by atoms with van der Waals surface area (Å²) in [7, 11) is 0. The zero-order valence-electron chi connectivity index (χ0n) is 7.97. The lowest BCUT2D eigenvalue weighted by molar-refractivity contribution is 0.505. The second-order valence-corrected chi connectivity index (χ2v) is 3.79. The van der Waals surface area contributed by atoms with Gasteiger partial charge in [0.2, 0.25) is 0 Å². The molecule has 1 aromatic heterocycles. The molecular formula is C11H11BrO2. The van der Waals surface area contributed by atoms with Crippen LogP contribution >= 0.6 is 15.9 Å². The highest BCUT2D eigenvalue weighted by atomic mass is 79.9. The van der Waals surface area contributed by atoms with Gasteiger partial charge < -0.3 is 4.42 Å². The molecule has 0 amide bonds. The van der Waals surface area contributed by atoms with E-state index in [9.17, 15) is 4.79 Å². The van der Waals surface area contributed by atoms with E-state index in [4.69, 9.17) is 4.42 Å². The van der Waals surface area contributed by atoms with Gasteiger partial charge in [-0.15, -0.1) is 0 Å². The first-order valence-corrected chi connectivity index (χ1v) is 5.30. The summed E-state index contributed by atoms with van der Waals surface area (Å²) >= 11 is 3.22. The van der Waals surface area contributed by atoms with Gasteiger partial charge in [0.15, 0.2) is 0 Å². The summed E-state index contributed by atoms with van der Waals surface area (Å²) in [6, 6.07) is 1.67. The van der Waals surface area contributed by atoms with Crippen LogP contribution in [0, 0.1) is 11.8 Å². The molecule has 0 atom stereocenters. The molecule has 14 heavy (non-hydrogen) atoms. The standard InChI is InChI=1S/C11H11BrO2/c1-2-3-4-5-6-9-7-10(12)8-14-11(9)13/h7-8H,2-4H2,1H3. The lowest BCUT2D eigenvalue weighted by atomic mass is 10.2. The topological polar surface area (TPSA) is 30.2 Å². The summed E-state index contributed by atoms with van der Waals surface area (Å²) in [5.41, 5.74) is 0.0349. The Kier molecular flexibility index (Phi) is 4.48. The Bertz CT molecular complexity index is 409. The monoisotopic (exact) mass is 254 g/mol. The molecule has 0 fully saturated rings. The Morgan fingerprint density at radius 2 is 2.36 bits per heavy atom. The van der Waals surface area contributed by atoms with Crippen LogP contribution in [-0.2, 0) is 0 Å². The normalized spacial score (nSPS) is 9.29. The lowest BCUT2D eigenvalue weighted by Crippen LogP contribution is -2.02. The molecule has 3 heteroatoms. The fourth-order valence-electron chi connectivity index (χ4n) is 0.914. The van der Waals surface area contributed by atoms with Gasteiger partial charge in [0.1, 0.15) is 11.8 Å². The van der Waals surface area contributed by atoms with E-state index in [0.717, 1.165) is 23.7 Å². The van der Waals surface area contributed by atoms with Gasteiger partial charge in [-0.1, -0.05) is 25.2 Å². The molecule has 74 valence electrons. The minimum atomic E-state index is -0.378. The van der Waals surface area contributed by atoms with E-state index in [1.165, 1.54) is 6.26 Å². The van der Waals surface area contributed by atoms with Crippen molar-refractivity contribution in [3.05, 3.63) is 32.8 Å². The summed E-state index contributed by atoms with van der Waals surface area (Å²) in [6.07, 6.45) is 4.36. The second kappa shape index (κ2) is 5.66. The van der Waals surface area contributed by atoms with E-state index in [0.29, 0.717) is 5.56 Å². The fourth-order valence-corrected chi connectivity index (χ4v) is 1.24. The predicted octanol–water partition coefficient (Wildman–Crippen LogP) is 2.94. The van der Waals surface area contributed by atoms with Crippen LogP contribution in [0.2, 0.25) is 0 Å². The molecule has 0 saturated heterocycles. The van der Waals surface area contributed by atoms with Crippen molar-refractivity contribution in [3.8, 4) is 11.8 Å².